The first-order valence-corrected chi connectivity index (χ1v) is 9.91. The molecule has 0 aliphatic carbocycles. The van der Waals surface area contributed by atoms with Crippen LogP contribution in [-0.2, 0) is 11.1 Å². The van der Waals surface area contributed by atoms with Crippen LogP contribution in [0.5, 0.6) is 0 Å². The lowest BCUT2D eigenvalue weighted by molar-refractivity contribution is 0.377. The summed E-state index contributed by atoms with van der Waals surface area (Å²) in [5.41, 5.74) is 8.73. The van der Waals surface area contributed by atoms with Crippen molar-refractivity contribution >= 4 is 41.2 Å². The molecule has 0 amide bonds. The van der Waals surface area contributed by atoms with Crippen molar-refractivity contribution in [3.8, 4) is 11.6 Å². The second kappa shape index (κ2) is 5.86. The monoisotopic (exact) mass is 375 g/mol. The average molecular weight is 375 g/mol. The van der Waals surface area contributed by atoms with E-state index in [9.17, 15) is 14.4 Å². The Morgan fingerprint density at radius 1 is 1.24 bits per heavy atom. The highest BCUT2D eigenvalue weighted by Crippen LogP contribution is 2.36. The fourth-order valence-corrected chi connectivity index (χ4v) is 3.83. The minimum atomic E-state index is -4.46. The summed E-state index contributed by atoms with van der Waals surface area (Å²) in [5.74, 6) is 0.753. The number of nitrogen functional groups attached to an aromatic ring is 1. The Bertz CT molecular complexity index is 1090. The van der Waals surface area contributed by atoms with Gasteiger partial charge in [-0.2, -0.15) is 11.3 Å². The molecule has 0 radical (unpaired) electrons. The zero-order valence-corrected chi connectivity index (χ0v) is 14.6. The molecule has 0 bridgehead atoms. The van der Waals surface area contributed by atoms with Gasteiger partial charge in [-0.25, -0.2) is 4.98 Å². The summed E-state index contributed by atoms with van der Waals surface area (Å²) in [6, 6.07) is 10.3. The van der Waals surface area contributed by atoms with Gasteiger partial charge in [0.15, 0.2) is 11.6 Å². The van der Waals surface area contributed by atoms with Gasteiger partial charge >= 0.3 is 7.60 Å². The van der Waals surface area contributed by atoms with Gasteiger partial charge in [-0.05, 0) is 46.7 Å². The molecule has 0 unspecified atom stereocenters. The number of anilines is 1. The molecule has 0 atom stereocenters. The van der Waals surface area contributed by atoms with Gasteiger partial charge in [0.1, 0.15) is 5.52 Å². The lowest BCUT2D eigenvalue weighted by atomic mass is 10.2. The third kappa shape index (κ3) is 2.89. The van der Waals surface area contributed by atoms with Crippen LogP contribution in [0.1, 0.15) is 5.56 Å². The summed E-state index contributed by atoms with van der Waals surface area (Å²) in [6.45, 7) is 0.546. The Kier molecular flexibility index (Phi) is 3.77. The highest BCUT2D eigenvalue weighted by atomic mass is 32.1. The van der Waals surface area contributed by atoms with Crippen LogP contribution in [-0.4, -0.2) is 19.3 Å². The Morgan fingerprint density at radius 3 is 2.76 bits per heavy atom. The summed E-state index contributed by atoms with van der Waals surface area (Å²) in [4.78, 5) is 23.1. The Morgan fingerprint density at radius 2 is 2.08 bits per heavy atom. The molecule has 1 aromatic carbocycles. The number of imidazole rings is 1. The molecule has 0 saturated carbocycles. The molecule has 3 aromatic heterocycles. The van der Waals surface area contributed by atoms with Crippen molar-refractivity contribution in [1.29, 1.82) is 0 Å². The second-order valence-electron chi connectivity index (χ2n) is 5.55. The maximum absolute atomic E-state index is 11.4. The molecule has 128 valence electrons. The first-order chi connectivity index (χ1) is 11.9. The third-order valence-electron chi connectivity index (χ3n) is 3.83. The van der Waals surface area contributed by atoms with Crippen LogP contribution in [0.25, 0.3) is 22.6 Å². The molecule has 0 saturated heterocycles. The summed E-state index contributed by atoms with van der Waals surface area (Å²) in [5, 5.41) is 4.02. The molecule has 0 spiro atoms. The van der Waals surface area contributed by atoms with E-state index in [4.69, 9.17) is 10.2 Å². The lowest BCUT2D eigenvalue weighted by Crippen LogP contribution is -2.02. The van der Waals surface area contributed by atoms with E-state index in [1.54, 1.807) is 17.4 Å². The van der Waals surface area contributed by atoms with Crippen molar-refractivity contribution in [3.05, 3.63) is 52.7 Å². The standard InChI is InChI=1S/C16H14N3O4PS/c17-11-2-1-3-12-15(11)18-16(19(12)8-10-6-7-25-9-10)13-4-5-14(23-13)24(20,21)22/h1-7,9H,8,17H2,(H2,20,21,22). The van der Waals surface area contributed by atoms with E-state index in [-0.39, 0.29) is 11.3 Å². The maximum atomic E-state index is 11.4. The number of aromatic nitrogens is 2. The number of fused-ring (bicyclic) bond motifs is 1. The quantitative estimate of drug-likeness (QED) is 0.373. The van der Waals surface area contributed by atoms with Crippen molar-refractivity contribution in [3.63, 3.8) is 0 Å². The van der Waals surface area contributed by atoms with Crippen molar-refractivity contribution in [2.45, 2.75) is 6.54 Å². The molecule has 0 aliphatic rings. The van der Waals surface area contributed by atoms with Crippen LogP contribution >= 0.6 is 18.9 Å². The summed E-state index contributed by atoms with van der Waals surface area (Å²) >= 11 is 1.59. The van der Waals surface area contributed by atoms with E-state index in [2.05, 4.69) is 4.98 Å². The Balaban J connectivity index is 1.91. The van der Waals surface area contributed by atoms with Crippen molar-refractivity contribution < 1.29 is 18.8 Å². The summed E-state index contributed by atoms with van der Waals surface area (Å²) in [6.07, 6.45) is 0. The molecule has 3 heterocycles. The van der Waals surface area contributed by atoms with Gasteiger partial charge in [0.05, 0.1) is 17.7 Å². The van der Waals surface area contributed by atoms with Crippen LogP contribution in [0.15, 0.2) is 51.6 Å². The number of furan rings is 1. The predicted molar refractivity (Wildman–Crippen MR) is 96.9 cm³/mol. The molecule has 25 heavy (non-hydrogen) atoms. The van der Waals surface area contributed by atoms with Gasteiger partial charge in [-0.3, -0.25) is 4.57 Å². The van der Waals surface area contributed by atoms with E-state index in [1.165, 1.54) is 12.1 Å². The molecule has 4 rings (SSSR count). The van der Waals surface area contributed by atoms with Crippen molar-refractivity contribution in [2.24, 2.45) is 0 Å². The van der Waals surface area contributed by atoms with E-state index in [0.29, 0.717) is 23.6 Å². The van der Waals surface area contributed by atoms with Gasteiger partial charge in [-0.1, -0.05) is 6.07 Å². The highest BCUT2D eigenvalue weighted by Gasteiger charge is 2.24. The van der Waals surface area contributed by atoms with Gasteiger partial charge < -0.3 is 24.5 Å². The molecular formula is C16H14N3O4PS. The minimum Gasteiger partial charge on any atom is -0.445 e. The molecule has 9 heteroatoms. The molecule has 7 nitrogen and oxygen atoms in total. The van der Waals surface area contributed by atoms with Crippen molar-refractivity contribution in [1.82, 2.24) is 9.55 Å². The maximum Gasteiger partial charge on any atom is 0.391 e. The fourth-order valence-electron chi connectivity index (χ4n) is 2.69. The number of nitrogens with two attached hydrogens (primary N) is 1. The number of hydrogen-bond acceptors (Lipinski definition) is 5. The topological polar surface area (TPSA) is 115 Å². The number of benzene rings is 1. The van der Waals surface area contributed by atoms with Gasteiger partial charge in [-0.15, -0.1) is 0 Å². The summed E-state index contributed by atoms with van der Waals surface area (Å²) in [7, 11) is -4.46. The second-order valence-corrected chi connectivity index (χ2v) is 7.86. The number of nitrogens with zero attached hydrogens (tertiary/aromatic N) is 2. The van der Waals surface area contributed by atoms with Crippen LogP contribution in [0.3, 0.4) is 0 Å². The van der Waals surface area contributed by atoms with E-state index >= 15 is 0 Å². The SMILES string of the molecule is Nc1cccc2c1nc(-c1ccc(P(=O)(O)O)o1)n2Cc1ccsc1. The molecule has 0 aliphatic heterocycles. The third-order valence-corrected chi connectivity index (χ3v) is 5.38. The van der Waals surface area contributed by atoms with Gasteiger partial charge in [0, 0.05) is 0 Å². The predicted octanol–water partition coefficient (Wildman–Crippen LogP) is 2.79. The largest absolute Gasteiger partial charge is 0.445 e. The lowest BCUT2D eigenvalue weighted by Gasteiger charge is -2.07. The molecule has 4 N–H and O–H groups in total. The highest BCUT2D eigenvalue weighted by molar-refractivity contribution is 7.59. The zero-order valence-electron chi connectivity index (χ0n) is 12.9. The number of thiophene rings is 1. The Labute approximate surface area is 146 Å². The number of rotatable bonds is 4. The first-order valence-electron chi connectivity index (χ1n) is 7.35. The average Bonchev–Trinajstić information content (AvgIpc) is 3.27. The van der Waals surface area contributed by atoms with Crippen LogP contribution < -0.4 is 11.2 Å². The van der Waals surface area contributed by atoms with Crippen LogP contribution in [0.2, 0.25) is 0 Å². The van der Waals surface area contributed by atoms with Crippen molar-refractivity contribution in [2.75, 3.05) is 5.73 Å². The van der Waals surface area contributed by atoms with Crippen LogP contribution in [0, 0.1) is 0 Å². The molecule has 0 fully saturated rings. The Hall–Kier alpha value is -2.38. The number of para-hydroxylation sites is 1. The minimum absolute atomic E-state index is 0.282. The molecule has 4 aromatic rings. The van der Waals surface area contributed by atoms with Gasteiger partial charge in [0.25, 0.3) is 0 Å². The van der Waals surface area contributed by atoms with Gasteiger partial charge in [0.2, 0.25) is 5.50 Å². The normalized spacial score (nSPS) is 12.1. The van der Waals surface area contributed by atoms with E-state index in [0.717, 1.165) is 11.1 Å². The van der Waals surface area contributed by atoms with E-state index < -0.39 is 7.60 Å². The smallest absolute Gasteiger partial charge is 0.391 e. The van der Waals surface area contributed by atoms with E-state index in [1.807, 2.05) is 33.5 Å². The van der Waals surface area contributed by atoms with Crippen LogP contribution in [0.4, 0.5) is 5.69 Å². The fraction of sp³-hybridized carbons (Fsp3) is 0.0625. The zero-order chi connectivity index (χ0) is 17.6. The number of hydrogen-bond donors (Lipinski definition) is 3. The molecular weight excluding hydrogens is 361 g/mol. The summed E-state index contributed by atoms with van der Waals surface area (Å²) < 4.78 is 18.7. The first kappa shape index (κ1) is 16.1.